The van der Waals surface area contributed by atoms with Gasteiger partial charge in [0.15, 0.2) is 0 Å². The van der Waals surface area contributed by atoms with E-state index in [4.69, 9.17) is 16.7 Å². The number of benzene rings is 4. The van der Waals surface area contributed by atoms with Gasteiger partial charge in [0.05, 0.1) is 6.42 Å². The summed E-state index contributed by atoms with van der Waals surface area (Å²) in [4.78, 5) is 38.9. The van der Waals surface area contributed by atoms with Crippen molar-refractivity contribution in [3.8, 4) is 0 Å². The average Bonchev–Trinajstić information content (AvgIpc) is 2.95. The number of carboxylic acids is 1. The van der Waals surface area contributed by atoms with Crippen LogP contribution in [0.15, 0.2) is 103 Å². The van der Waals surface area contributed by atoms with E-state index in [1.807, 2.05) is 72.5 Å². The highest BCUT2D eigenvalue weighted by atomic mass is 35.5. The van der Waals surface area contributed by atoms with Gasteiger partial charge >= 0.3 is 5.97 Å². The molecule has 40 heavy (non-hydrogen) atoms. The summed E-state index contributed by atoms with van der Waals surface area (Å²) < 4.78 is 0. The van der Waals surface area contributed by atoms with Gasteiger partial charge in [0.2, 0.25) is 0 Å². The second-order valence-corrected chi connectivity index (χ2v) is 10.1. The zero-order chi connectivity index (χ0) is 28.5. The number of carbonyl (C=O) groups excluding carboxylic acids is 2. The lowest BCUT2D eigenvalue weighted by Gasteiger charge is -2.29. The van der Waals surface area contributed by atoms with E-state index in [9.17, 15) is 14.4 Å². The van der Waals surface area contributed by atoms with E-state index in [1.54, 1.807) is 18.2 Å². The van der Waals surface area contributed by atoms with Gasteiger partial charge in [0.25, 0.3) is 11.8 Å². The fourth-order valence-corrected chi connectivity index (χ4v) is 4.91. The predicted molar refractivity (Wildman–Crippen MR) is 157 cm³/mol. The number of nitrogens with zero attached hydrogens (tertiary/aromatic N) is 1. The molecule has 2 N–H and O–H groups in total. The molecule has 0 fully saturated rings. The topological polar surface area (TPSA) is 86.7 Å². The van der Waals surface area contributed by atoms with E-state index >= 15 is 0 Å². The molecule has 0 unspecified atom stereocenters. The van der Waals surface area contributed by atoms with Crippen LogP contribution in [0.2, 0.25) is 5.02 Å². The number of hydrogen-bond donors (Lipinski definition) is 2. The largest absolute Gasteiger partial charge is 0.481 e. The second-order valence-electron chi connectivity index (χ2n) is 9.67. The summed E-state index contributed by atoms with van der Waals surface area (Å²) in [6.07, 6.45) is -0.145. The summed E-state index contributed by atoms with van der Waals surface area (Å²) >= 11 is 6.32. The van der Waals surface area contributed by atoms with Gasteiger partial charge in [0.1, 0.15) is 0 Å². The van der Waals surface area contributed by atoms with Gasteiger partial charge in [-0.3, -0.25) is 14.4 Å². The van der Waals surface area contributed by atoms with Crippen molar-refractivity contribution in [2.24, 2.45) is 0 Å². The van der Waals surface area contributed by atoms with Crippen molar-refractivity contribution in [1.82, 2.24) is 10.2 Å². The minimum atomic E-state index is -0.973. The first kappa shape index (κ1) is 28.6. The van der Waals surface area contributed by atoms with E-state index in [2.05, 4.69) is 29.6 Å². The van der Waals surface area contributed by atoms with Crippen LogP contribution in [-0.4, -0.2) is 40.9 Å². The van der Waals surface area contributed by atoms with Crippen molar-refractivity contribution in [3.63, 3.8) is 0 Å². The van der Waals surface area contributed by atoms with Crippen LogP contribution in [0.3, 0.4) is 0 Å². The maximum absolute atomic E-state index is 14.0. The van der Waals surface area contributed by atoms with Crippen molar-refractivity contribution < 1.29 is 19.5 Å². The molecule has 0 spiro atoms. The maximum Gasteiger partial charge on any atom is 0.305 e. The smallest absolute Gasteiger partial charge is 0.305 e. The van der Waals surface area contributed by atoms with E-state index < -0.39 is 5.97 Å². The molecular formula is C33H31ClN2O4. The minimum absolute atomic E-state index is 0.0532. The predicted octanol–water partition coefficient (Wildman–Crippen LogP) is 6.33. The Morgan fingerprint density at radius 3 is 1.98 bits per heavy atom. The third-order valence-electron chi connectivity index (χ3n) is 6.60. The van der Waals surface area contributed by atoms with Crippen LogP contribution in [0.5, 0.6) is 0 Å². The lowest BCUT2D eigenvalue weighted by atomic mass is 9.90. The summed E-state index contributed by atoms with van der Waals surface area (Å²) in [6, 6.07) is 32.6. The molecule has 4 rings (SSSR count). The molecule has 0 saturated carbocycles. The summed E-state index contributed by atoms with van der Waals surface area (Å²) in [6.45, 7) is 2.71. The van der Waals surface area contributed by atoms with Crippen molar-refractivity contribution >= 4 is 29.4 Å². The first-order valence-electron chi connectivity index (χ1n) is 13.1. The van der Waals surface area contributed by atoms with Crippen LogP contribution in [0.1, 0.15) is 55.3 Å². The summed E-state index contributed by atoms with van der Waals surface area (Å²) in [5.74, 6) is -1.52. The molecule has 4 aromatic carbocycles. The fourth-order valence-electron chi connectivity index (χ4n) is 4.62. The molecule has 6 nitrogen and oxygen atoms in total. The highest BCUT2D eigenvalue weighted by molar-refractivity contribution is 6.31. The van der Waals surface area contributed by atoms with Crippen LogP contribution in [0.25, 0.3) is 0 Å². The number of hydrogen-bond acceptors (Lipinski definition) is 3. The first-order valence-corrected chi connectivity index (χ1v) is 13.4. The minimum Gasteiger partial charge on any atom is -0.481 e. The normalized spacial score (nSPS) is 10.8. The van der Waals surface area contributed by atoms with Crippen LogP contribution in [-0.2, 0) is 11.3 Å². The number of aliphatic carboxylic acids is 1. The Labute approximate surface area is 239 Å². The Kier molecular flexibility index (Phi) is 9.71. The zero-order valence-electron chi connectivity index (χ0n) is 22.2. The molecule has 0 aromatic heterocycles. The summed E-state index contributed by atoms with van der Waals surface area (Å²) in [7, 11) is 0. The Morgan fingerprint density at radius 1 is 0.825 bits per heavy atom. The van der Waals surface area contributed by atoms with Gasteiger partial charge in [-0.2, -0.15) is 0 Å². The van der Waals surface area contributed by atoms with Gasteiger partial charge in [-0.15, -0.1) is 0 Å². The van der Waals surface area contributed by atoms with Crippen molar-refractivity contribution in [2.75, 3.05) is 13.1 Å². The fraction of sp³-hybridized carbons (Fsp3) is 0.182. The number of aryl methyl sites for hydroxylation is 1. The van der Waals surface area contributed by atoms with E-state index in [1.165, 1.54) is 0 Å². The molecule has 0 bridgehead atoms. The Morgan fingerprint density at radius 2 is 1.43 bits per heavy atom. The van der Waals surface area contributed by atoms with Crippen molar-refractivity contribution in [3.05, 3.63) is 142 Å². The zero-order valence-corrected chi connectivity index (χ0v) is 23.0. The molecule has 204 valence electrons. The van der Waals surface area contributed by atoms with E-state index in [0.717, 1.165) is 22.3 Å². The highest BCUT2D eigenvalue weighted by Crippen LogP contribution is 2.28. The number of amides is 2. The van der Waals surface area contributed by atoms with Gasteiger partial charge in [-0.25, -0.2) is 0 Å². The number of rotatable bonds is 11. The monoisotopic (exact) mass is 554 g/mol. The summed E-state index contributed by atoms with van der Waals surface area (Å²) in [5.41, 5.74) is 4.89. The molecule has 0 heterocycles. The lowest BCUT2D eigenvalue weighted by Crippen LogP contribution is -2.35. The van der Waals surface area contributed by atoms with Gasteiger partial charge in [-0.05, 0) is 59.5 Å². The Balaban J connectivity index is 1.63. The van der Waals surface area contributed by atoms with Gasteiger partial charge < -0.3 is 15.3 Å². The molecule has 0 atom stereocenters. The first-order chi connectivity index (χ1) is 19.3. The van der Waals surface area contributed by atoms with E-state index in [-0.39, 0.29) is 30.7 Å². The molecule has 0 aliphatic carbocycles. The molecule has 4 aromatic rings. The number of carbonyl (C=O) groups is 3. The van der Waals surface area contributed by atoms with Crippen LogP contribution >= 0.6 is 11.6 Å². The third kappa shape index (κ3) is 7.80. The molecule has 0 aliphatic rings. The Bertz CT molecular complexity index is 1400. The third-order valence-corrected chi connectivity index (χ3v) is 6.82. The van der Waals surface area contributed by atoms with Crippen LogP contribution in [0.4, 0.5) is 0 Å². The molecule has 0 aliphatic heterocycles. The standard InChI is InChI=1S/C33H31ClN2O4/c1-23-18-28(20-29(34)19-23)33(40)36(21-24-12-14-27(15-13-24)32(39)35-17-16-31(37)38)22-30(25-8-4-2-5-9-25)26-10-6-3-7-11-26/h2-15,18-20,30H,16-17,21-22H2,1H3,(H,35,39)(H,37,38). The van der Waals surface area contributed by atoms with Gasteiger partial charge in [0, 0.05) is 41.7 Å². The summed E-state index contributed by atoms with van der Waals surface area (Å²) in [5, 5.41) is 11.9. The number of carboxylic acid groups (broad SMARTS) is 1. The lowest BCUT2D eigenvalue weighted by molar-refractivity contribution is -0.136. The van der Waals surface area contributed by atoms with Gasteiger partial charge in [-0.1, -0.05) is 84.4 Å². The van der Waals surface area contributed by atoms with Crippen LogP contribution in [0, 0.1) is 6.92 Å². The SMILES string of the molecule is Cc1cc(Cl)cc(C(=O)N(Cc2ccc(C(=O)NCCC(=O)O)cc2)CC(c2ccccc2)c2ccccc2)c1. The molecule has 2 amide bonds. The quantitative estimate of drug-likeness (QED) is 0.227. The Hall–Kier alpha value is -4.42. The maximum atomic E-state index is 14.0. The molecule has 7 heteroatoms. The second kappa shape index (κ2) is 13.6. The number of nitrogens with one attached hydrogen (secondary N) is 1. The highest BCUT2D eigenvalue weighted by Gasteiger charge is 2.24. The molecular weight excluding hydrogens is 524 g/mol. The molecule has 0 saturated heterocycles. The van der Waals surface area contributed by atoms with Crippen molar-refractivity contribution in [2.45, 2.75) is 25.8 Å². The number of halogens is 1. The molecule has 0 radical (unpaired) electrons. The average molecular weight is 555 g/mol. The van der Waals surface area contributed by atoms with Crippen LogP contribution < -0.4 is 5.32 Å². The van der Waals surface area contributed by atoms with E-state index in [0.29, 0.717) is 29.2 Å². The van der Waals surface area contributed by atoms with Crippen molar-refractivity contribution in [1.29, 1.82) is 0 Å².